The van der Waals surface area contributed by atoms with Gasteiger partial charge in [0.05, 0.1) is 12.3 Å². The molecule has 2 unspecified atom stereocenters. The van der Waals surface area contributed by atoms with Gasteiger partial charge in [-0.25, -0.2) is 0 Å². The van der Waals surface area contributed by atoms with Crippen LogP contribution in [0, 0.1) is 0 Å². The quantitative estimate of drug-likeness (QED) is 0.751. The Labute approximate surface area is 90.5 Å². The lowest BCUT2D eigenvalue weighted by atomic mass is 10.0. The maximum Gasteiger partial charge on any atom is 0.108 e. The normalized spacial score (nSPS) is 15.2. The van der Waals surface area contributed by atoms with E-state index in [2.05, 4.69) is 12.0 Å². The van der Waals surface area contributed by atoms with Gasteiger partial charge in [0.25, 0.3) is 0 Å². The third-order valence-electron chi connectivity index (χ3n) is 2.40. The first-order valence-corrected chi connectivity index (χ1v) is 5.57. The monoisotopic (exact) mass is 212 g/mol. The Balaban J connectivity index is 2.60. The summed E-state index contributed by atoms with van der Waals surface area (Å²) in [5, 5.41) is 23.5. The van der Waals surface area contributed by atoms with E-state index in [1.807, 2.05) is 6.92 Å². The number of aryl methyl sites for hydroxylation is 1. The van der Waals surface area contributed by atoms with Crippen LogP contribution in [-0.2, 0) is 6.54 Å². The number of hydrogen-bond donors (Lipinski definition) is 2. The minimum absolute atomic E-state index is 0.611. The Morgan fingerprint density at radius 1 is 1.33 bits per heavy atom. The molecule has 4 heteroatoms. The van der Waals surface area contributed by atoms with Gasteiger partial charge in [-0.1, -0.05) is 20.3 Å². The fourth-order valence-electron chi connectivity index (χ4n) is 1.56. The van der Waals surface area contributed by atoms with E-state index in [-0.39, 0.29) is 0 Å². The maximum atomic E-state index is 9.80. The van der Waals surface area contributed by atoms with Gasteiger partial charge < -0.3 is 10.2 Å². The Morgan fingerprint density at radius 3 is 2.67 bits per heavy atom. The zero-order valence-electron chi connectivity index (χ0n) is 9.43. The van der Waals surface area contributed by atoms with Gasteiger partial charge in [-0.3, -0.25) is 4.68 Å². The highest BCUT2D eigenvalue weighted by molar-refractivity contribution is 5.09. The Kier molecular flexibility index (Phi) is 4.78. The van der Waals surface area contributed by atoms with Crippen LogP contribution in [0.2, 0.25) is 0 Å². The van der Waals surface area contributed by atoms with Crippen LogP contribution >= 0.6 is 0 Å². The lowest BCUT2D eigenvalue weighted by Crippen LogP contribution is -2.17. The molecule has 0 spiro atoms. The summed E-state index contributed by atoms with van der Waals surface area (Å²) < 4.78 is 1.79. The van der Waals surface area contributed by atoms with Crippen LogP contribution in [0.15, 0.2) is 12.4 Å². The summed E-state index contributed by atoms with van der Waals surface area (Å²) in [6.45, 7) is 4.90. The molecular weight excluding hydrogens is 192 g/mol. The van der Waals surface area contributed by atoms with Gasteiger partial charge in [0.2, 0.25) is 0 Å². The lowest BCUT2D eigenvalue weighted by molar-refractivity contribution is 0.0130. The number of nitrogens with zero attached hydrogens (tertiary/aromatic N) is 2. The van der Waals surface area contributed by atoms with Crippen LogP contribution in [0.25, 0.3) is 0 Å². The number of aromatic nitrogens is 2. The van der Waals surface area contributed by atoms with E-state index in [9.17, 15) is 10.2 Å². The summed E-state index contributed by atoms with van der Waals surface area (Å²) in [6.07, 6.45) is 4.41. The molecule has 4 nitrogen and oxygen atoms in total. The average molecular weight is 212 g/mol. The van der Waals surface area contributed by atoms with E-state index in [1.165, 1.54) is 0 Å². The first-order chi connectivity index (χ1) is 7.19. The molecule has 0 amide bonds. The van der Waals surface area contributed by atoms with Crippen molar-refractivity contribution in [2.45, 2.75) is 51.9 Å². The molecule has 1 aromatic heterocycles. The van der Waals surface area contributed by atoms with Gasteiger partial charge in [0, 0.05) is 18.3 Å². The molecule has 0 radical (unpaired) electrons. The van der Waals surface area contributed by atoms with Crippen LogP contribution in [0.4, 0.5) is 0 Å². The summed E-state index contributed by atoms with van der Waals surface area (Å²) in [4.78, 5) is 0. The van der Waals surface area contributed by atoms with Crippen molar-refractivity contribution in [3.05, 3.63) is 18.0 Å². The van der Waals surface area contributed by atoms with Gasteiger partial charge >= 0.3 is 0 Å². The molecule has 0 fully saturated rings. The van der Waals surface area contributed by atoms with E-state index in [4.69, 9.17) is 0 Å². The topological polar surface area (TPSA) is 58.3 Å². The van der Waals surface area contributed by atoms with Crippen LogP contribution in [0.3, 0.4) is 0 Å². The predicted octanol–water partition coefficient (Wildman–Crippen LogP) is 1.49. The summed E-state index contributed by atoms with van der Waals surface area (Å²) >= 11 is 0. The number of hydrogen-bond acceptors (Lipinski definition) is 3. The summed E-state index contributed by atoms with van der Waals surface area (Å²) in [7, 11) is 0. The zero-order chi connectivity index (χ0) is 11.3. The molecule has 0 aliphatic carbocycles. The van der Waals surface area contributed by atoms with Gasteiger partial charge in [0.15, 0.2) is 0 Å². The molecule has 0 saturated carbocycles. The summed E-state index contributed by atoms with van der Waals surface area (Å²) in [6, 6.07) is 0. The lowest BCUT2D eigenvalue weighted by Gasteiger charge is -2.15. The Hall–Kier alpha value is -0.870. The molecule has 0 saturated heterocycles. The minimum Gasteiger partial charge on any atom is -0.390 e. The first-order valence-electron chi connectivity index (χ1n) is 5.57. The molecule has 2 N–H and O–H groups in total. The van der Waals surface area contributed by atoms with E-state index >= 15 is 0 Å². The second kappa shape index (κ2) is 5.88. The standard InChI is InChI=1S/C11H20N2O2/c1-3-5-10(14)11(15)9-7-12-13(8-9)6-4-2/h7-8,10-11,14-15H,3-6H2,1-2H3. The first kappa shape index (κ1) is 12.2. The third-order valence-corrected chi connectivity index (χ3v) is 2.40. The van der Waals surface area contributed by atoms with Crippen molar-refractivity contribution in [3.63, 3.8) is 0 Å². The second-order valence-corrected chi connectivity index (χ2v) is 3.84. The van der Waals surface area contributed by atoms with Crippen molar-refractivity contribution in [1.82, 2.24) is 9.78 Å². The zero-order valence-corrected chi connectivity index (χ0v) is 9.43. The SMILES string of the molecule is CCCC(O)C(O)c1cnn(CCC)c1. The molecule has 86 valence electrons. The predicted molar refractivity (Wildman–Crippen MR) is 58.4 cm³/mol. The maximum absolute atomic E-state index is 9.80. The fourth-order valence-corrected chi connectivity index (χ4v) is 1.56. The van der Waals surface area contributed by atoms with Gasteiger partial charge in [0.1, 0.15) is 6.10 Å². The highest BCUT2D eigenvalue weighted by atomic mass is 16.3. The summed E-state index contributed by atoms with van der Waals surface area (Å²) in [5.41, 5.74) is 0.699. The average Bonchev–Trinajstić information content (AvgIpc) is 2.66. The van der Waals surface area contributed by atoms with Crippen LogP contribution in [-0.4, -0.2) is 26.1 Å². The Bertz CT molecular complexity index is 286. The van der Waals surface area contributed by atoms with Crippen LogP contribution in [0.5, 0.6) is 0 Å². The molecule has 0 aliphatic heterocycles. The van der Waals surface area contributed by atoms with Crippen molar-refractivity contribution in [2.75, 3.05) is 0 Å². The number of rotatable bonds is 6. The minimum atomic E-state index is -0.810. The van der Waals surface area contributed by atoms with E-state index in [0.717, 1.165) is 19.4 Å². The van der Waals surface area contributed by atoms with Gasteiger partial charge in [-0.05, 0) is 12.8 Å². The molecule has 0 bridgehead atoms. The largest absolute Gasteiger partial charge is 0.390 e. The highest BCUT2D eigenvalue weighted by Crippen LogP contribution is 2.19. The molecule has 0 aromatic carbocycles. The molecule has 2 atom stereocenters. The van der Waals surface area contributed by atoms with Crippen molar-refractivity contribution in [2.24, 2.45) is 0 Å². The van der Waals surface area contributed by atoms with Crippen molar-refractivity contribution >= 4 is 0 Å². The molecule has 0 aliphatic rings. The van der Waals surface area contributed by atoms with E-state index in [1.54, 1.807) is 17.1 Å². The number of aliphatic hydroxyl groups is 2. The van der Waals surface area contributed by atoms with Crippen molar-refractivity contribution in [1.29, 1.82) is 0 Å². The van der Waals surface area contributed by atoms with Crippen LogP contribution in [0.1, 0.15) is 44.8 Å². The molecule has 1 heterocycles. The van der Waals surface area contributed by atoms with Crippen molar-refractivity contribution in [3.8, 4) is 0 Å². The highest BCUT2D eigenvalue weighted by Gasteiger charge is 2.18. The smallest absolute Gasteiger partial charge is 0.108 e. The summed E-state index contributed by atoms with van der Waals surface area (Å²) in [5.74, 6) is 0. The van der Waals surface area contributed by atoms with Crippen LogP contribution < -0.4 is 0 Å². The van der Waals surface area contributed by atoms with E-state index in [0.29, 0.717) is 12.0 Å². The van der Waals surface area contributed by atoms with Gasteiger partial charge in [-0.15, -0.1) is 0 Å². The third kappa shape index (κ3) is 3.32. The fraction of sp³-hybridized carbons (Fsp3) is 0.727. The molecular formula is C11H20N2O2. The Morgan fingerprint density at radius 2 is 2.07 bits per heavy atom. The van der Waals surface area contributed by atoms with E-state index < -0.39 is 12.2 Å². The molecule has 1 aromatic rings. The molecule has 1 rings (SSSR count). The molecule has 15 heavy (non-hydrogen) atoms. The number of aliphatic hydroxyl groups excluding tert-OH is 2. The second-order valence-electron chi connectivity index (χ2n) is 3.84. The van der Waals surface area contributed by atoms with Crippen molar-refractivity contribution < 1.29 is 10.2 Å². The van der Waals surface area contributed by atoms with Gasteiger partial charge in [-0.2, -0.15) is 5.10 Å².